The highest BCUT2D eigenvalue weighted by Gasteiger charge is 2.09. The average Bonchev–Trinajstić information content (AvgIpc) is 2.74. The van der Waals surface area contributed by atoms with Gasteiger partial charge >= 0.3 is 11.9 Å². The van der Waals surface area contributed by atoms with E-state index in [9.17, 15) is 14.4 Å². The van der Waals surface area contributed by atoms with Crippen molar-refractivity contribution in [3.63, 3.8) is 0 Å². The maximum atomic E-state index is 12.1. The lowest BCUT2D eigenvalue weighted by Crippen LogP contribution is -2.21. The van der Waals surface area contributed by atoms with Gasteiger partial charge in [0, 0.05) is 12.8 Å². The van der Waals surface area contributed by atoms with Crippen molar-refractivity contribution < 1.29 is 24.2 Å². The van der Waals surface area contributed by atoms with Crippen LogP contribution in [0.5, 0.6) is 5.75 Å². The van der Waals surface area contributed by atoms with Gasteiger partial charge in [-0.15, -0.1) is 0 Å². The zero-order valence-corrected chi connectivity index (χ0v) is 18.1. The van der Waals surface area contributed by atoms with Crippen LogP contribution >= 0.6 is 0 Å². The number of rotatable bonds is 10. The number of ether oxygens (including phenoxy) is 1. The molecule has 0 heterocycles. The second kappa shape index (κ2) is 14.2. The Kier molecular flexibility index (Phi) is 11.6. The first-order chi connectivity index (χ1) is 15.2. The normalized spacial score (nSPS) is 9.78. The number of carboxylic acids is 1. The van der Waals surface area contributed by atoms with E-state index in [0.29, 0.717) is 29.8 Å². The van der Waals surface area contributed by atoms with Crippen molar-refractivity contribution in [1.82, 2.24) is 0 Å². The van der Waals surface area contributed by atoms with Crippen molar-refractivity contribution in [3.05, 3.63) is 59.7 Å². The summed E-state index contributed by atoms with van der Waals surface area (Å²) in [6, 6.07) is 13.3. The monoisotopic (exact) mass is 442 g/mol. The largest absolute Gasteiger partial charge is 0.481 e. The molecule has 0 saturated heterocycles. The summed E-state index contributed by atoms with van der Waals surface area (Å²) in [5, 5.41) is 8.14. The van der Waals surface area contributed by atoms with Gasteiger partial charge in [0.1, 0.15) is 5.75 Å². The number of benzene rings is 2. The van der Waals surface area contributed by atoms with E-state index in [2.05, 4.69) is 11.9 Å². The summed E-state index contributed by atoms with van der Waals surface area (Å²) in [6.45, 7) is 2.06. The molecule has 0 saturated carbocycles. The van der Waals surface area contributed by atoms with E-state index >= 15 is 0 Å². The fourth-order valence-electron chi connectivity index (χ4n) is 2.51. The lowest BCUT2D eigenvalue weighted by atomic mass is 10.1. The number of amides is 1. The molecule has 0 aliphatic heterocycles. The Morgan fingerprint density at radius 1 is 0.906 bits per heavy atom. The molecule has 0 spiro atoms. The molecule has 9 nitrogen and oxygen atoms in total. The number of carbonyl (C=O) groups is 3. The number of carboxylic acid groups (broad SMARTS) is 1. The van der Waals surface area contributed by atoms with Crippen molar-refractivity contribution in [1.29, 1.82) is 0 Å². The molecule has 2 aromatic carbocycles. The zero-order valence-electron chi connectivity index (χ0n) is 18.1. The molecule has 2 aromatic rings. The summed E-state index contributed by atoms with van der Waals surface area (Å²) in [5.74, 6) is -1.16. The van der Waals surface area contributed by atoms with Crippen LogP contribution in [0.1, 0.15) is 54.9 Å². The van der Waals surface area contributed by atoms with Crippen molar-refractivity contribution in [2.45, 2.75) is 45.4 Å². The number of hydrogen-bond acceptors (Lipinski definition) is 5. The fraction of sp³-hybridized carbons (Fsp3) is 0.304. The van der Waals surface area contributed by atoms with Gasteiger partial charge in [-0.25, -0.2) is 9.79 Å². The molecule has 0 aromatic heterocycles. The Hall–Kier alpha value is -3.88. The Bertz CT molecular complexity index is 905. The summed E-state index contributed by atoms with van der Waals surface area (Å²) >= 11 is 0. The summed E-state index contributed by atoms with van der Waals surface area (Å²) in [6.07, 6.45) is 4.11. The zero-order chi connectivity index (χ0) is 23.9. The van der Waals surface area contributed by atoms with Crippen LogP contribution in [-0.2, 0) is 16.0 Å². The number of hydrogen-bond donors (Lipinski definition) is 4. The molecule has 0 bridgehead atoms. The number of primary amides is 1. The minimum Gasteiger partial charge on any atom is -0.481 e. The highest BCUT2D eigenvalue weighted by molar-refractivity contribution is 5.91. The standard InChI is InChI=1S/C17H18N4O3.C6H12O2/c18-15(22)10-3-11-1-8-14(9-2-11)24-16(23)12-4-6-13(7-5-12)21-17(19)20;1-2-3-4-5-6(7)8/h1-2,4-9H,3,10H2,(H2,18,22)(H4,19,20,21);2-5H2,1H3,(H,7,8). The molecule has 0 fully saturated rings. The lowest BCUT2D eigenvalue weighted by molar-refractivity contribution is -0.137. The molecule has 0 aliphatic carbocycles. The fourth-order valence-corrected chi connectivity index (χ4v) is 2.51. The van der Waals surface area contributed by atoms with Gasteiger partial charge in [-0.2, -0.15) is 0 Å². The lowest BCUT2D eigenvalue weighted by Gasteiger charge is -2.06. The van der Waals surface area contributed by atoms with E-state index in [4.69, 9.17) is 27.0 Å². The SMILES string of the molecule is CCCCCC(=O)O.NC(=O)CCc1ccc(OC(=O)c2ccc(N=C(N)N)cc2)cc1. The van der Waals surface area contributed by atoms with Gasteiger partial charge < -0.3 is 27.0 Å². The van der Waals surface area contributed by atoms with Crippen molar-refractivity contribution in [2.24, 2.45) is 22.2 Å². The third kappa shape index (κ3) is 11.3. The van der Waals surface area contributed by atoms with E-state index in [1.165, 1.54) is 0 Å². The molecule has 0 unspecified atom stereocenters. The highest BCUT2D eigenvalue weighted by atomic mass is 16.5. The number of nitrogens with two attached hydrogens (primary N) is 3. The third-order valence-corrected chi connectivity index (χ3v) is 4.15. The van der Waals surface area contributed by atoms with Crippen LogP contribution in [0.25, 0.3) is 0 Å². The number of unbranched alkanes of at least 4 members (excludes halogenated alkanes) is 2. The molecule has 172 valence electrons. The van der Waals surface area contributed by atoms with E-state index in [1.54, 1.807) is 48.5 Å². The first kappa shape index (κ1) is 26.2. The predicted octanol–water partition coefficient (Wildman–Crippen LogP) is 2.88. The number of aliphatic carboxylic acids is 1. The minimum atomic E-state index is -0.682. The van der Waals surface area contributed by atoms with Crippen LogP contribution in [0.3, 0.4) is 0 Å². The summed E-state index contributed by atoms with van der Waals surface area (Å²) in [7, 11) is 0. The minimum absolute atomic E-state index is 0.0539. The smallest absolute Gasteiger partial charge is 0.343 e. The van der Waals surface area contributed by atoms with Gasteiger partial charge in [0.2, 0.25) is 5.91 Å². The first-order valence-electron chi connectivity index (χ1n) is 10.2. The van der Waals surface area contributed by atoms with Crippen LogP contribution in [0.15, 0.2) is 53.5 Å². The molecule has 0 aliphatic rings. The van der Waals surface area contributed by atoms with Gasteiger partial charge in [-0.3, -0.25) is 9.59 Å². The summed E-state index contributed by atoms with van der Waals surface area (Å²) in [5.41, 5.74) is 17.5. The van der Waals surface area contributed by atoms with Gasteiger partial charge in [0.15, 0.2) is 5.96 Å². The van der Waals surface area contributed by atoms with Crippen LogP contribution in [0, 0.1) is 0 Å². The maximum Gasteiger partial charge on any atom is 0.343 e. The van der Waals surface area contributed by atoms with Gasteiger partial charge in [-0.1, -0.05) is 31.9 Å². The topological polar surface area (TPSA) is 171 Å². The number of nitrogens with zero attached hydrogens (tertiary/aromatic N) is 1. The Morgan fingerprint density at radius 2 is 1.53 bits per heavy atom. The molecule has 1 amide bonds. The average molecular weight is 443 g/mol. The molecule has 32 heavy (non-hydrogen) atoms. The Balaban J connectivity index is 0.000000547. The number of guanidine groups is 1. The molecular formula is C23H30N4O5. The van der Waals surface area contributed by atoms with Crippen molar-refractivity contribution in [3.8, 4) is 5.75 Å². The Morgan fingerprint density at radius 3 is 2.03 bits per heavy atom. The Labute approximate surface area is 187 Å². The van der Waals surface area contributed by atoms with Crippen molar-refractivity contribution >= 4 is 29.5 Å². The van der Waals surface area contributed by atoms with Crippen LogP contribution < -0.4 is 21.9 Å². The second-order valence-electron chi connectivity index (χ2n) is 6.93. The van der Waals surface area contributed by atoms with Gasteiger partial charge in [-0.05, 0) is 54.8 Å². The van der Waals surface area contributed by atoms with E-state index < -0.39 is 11.9 Å². The second-order valence-corrected chi connectivity index (χ2v) is 6.93. The molecule has 2 rings (SSSR count). The summed E-state index contributed by atoms with van der Waals surface area (Å²) < 4.78 is 5.29. The number of aryl methyl sites for hydroxylation is 1. The predicted molar refractivity (Wildman–Crippen MR) is 123 cm³/mol. The molecule has 0 radical (unpaired) electrons. The first-order valence-corrected chi connectivity index (χ1v) is 10.2. The molecular weight excluding hydrogens is 412 g/mol. The van der Waals surface area contributed by atoms with E-state index in [0.717, 1.165) is 24.8 Å². The summed E-state index contributed by atoms with van der Waals surface area (Å²) in [4.78, 5) is 36.6. The van der Waals surface area contributed by atoms with Gasteiger partial charge in [0.05, 0.1) is 11.3 Å². The van der Waals surface area contributed by atoms with E-state index in [1.807, 2.05) is 0 Å². The van der Waals surface area contributed by atoms with Gasteiger partial charge in [0.25, 0.3) is 0 Å². The maximum absolute atomic E-state index is 12.1. The van der Waals surface area contributed by atoms with Crippen LogP contribution in [0.4, 0.5) is 5.69 Å². The van der Waals surface area contributed by atoms with Crippen LogP contribution in [-0.4, -0.2) is 28.9 Å². The molecule has 7 N–H and O–H groups in total. The number of esters is 1. The van der Waals surface area contributed by atoms with E-state index in [-0.39, 0.29) is 18.3 Å². The number of aliphatic imine (C=N–C) groups is 1. The van der Waals surface area contributed by atoms with Crippen molar-refractivity contribution in [2.75, 3.05) is 0 Å². The third-order valence-electron chi connectivity index (χ3n) is 4.15. The molecule has 9 heteroatoms. The molecule has 0 atom stereocenters. The quantitative estimate of drug-likeness (QED) is 0.144. The van der Waals surface area contributed by atoms with Crippen LogP contribution in [0.2, 0.25) is 0 Å². The number of carbonyl (C=O) groups excluding carboxylic acids is 2. The highest BCUT2D eigenvalue weighted by Crippen LogP contribution is 2.17.